The first-order valence-corrected chi connectivity index (χ1v) is 9.30. The molecule has 0 aromatic heterocycles. The van der Waals surface area contributed by atoms with E-state index in [-0.39, 0.29) is 16.7 Å². The molecule has 0 unspecified atom stereocenters. The second kappa shape index (κ2) is 8.60. The van der Waals surface area contributed by atoms with Crippen LogP contribution in [0.15, 0.2) is 48.5 Å². The van der Waals surface area contributed by atoms with Gasteiger partial charge in [-0.15, -0.1) is 0 Å². The topological polar surface area (TPSA) is 44.4 Å². The number of halogens is 3. The molecule has 0 saturated carbocycles. The van der Waals surface area contributed by atoms with Crippen LogP contribution in [0.4, 0.5) is 18.9 Å². The molecule has 0 bridgehead atoms. The van der Waals surface area contributed by atoms with Crippen LogP contribution < -0.4 is 10.6 Å². The van der Waals surface area contributed by atoms with Crippen LogP contribution in [-0.4, -0.2) is 22.5 Å². The van der Waals surface area contributed by atoms with E-state index in [1.54, 1.807) is 0 Å². The highest BCUT2D eigenvalue weighted by atomic mass is 32.1. The fraction of sp³-hybridized carbons (Fsp3) is 0.300. The highest BCUT2D eigenvalue weighted by Gasteiger charge is 2.30. The van der Waals surface area contributed by atoms with E-state index in [1.165, 1.54) is 12.1 Å². The van der Waals surface area contributed by atoms with Crippen molar-refractivity contribution >= 4 is 28.9 Å². The van der Waals surface area contributed by atoms with E-state index >= 15 is 0 Å². The van der Waals surface area contributed by atoms with Gasteiger partial charge in [0.05, 0.1) is 5.56 Å². The molecule has 1 fully saturated rings. The van der Waals surface area contributed by atoms with Gasteiger partial charge in [0.1, 0.15) is 0 Å². The number of alkyl halides is 3. The number of hydrogen-bond donors (Lipinski definition) is 2. The van der Waals surface area contributed by atoms with Crippen LogP contribution in [0.25, 0.3) is 0 Å². The Labute approximate surface area is 166 Å². The number of amides is 1. The molecule has 8 heteroatoms. The molecule has 0 aliphatic carbocycles. The Morgan fingerprint density at radius 1 is 1.11 bits per heavy atom. The Morgan fingerprint density at radius 2 is 1.86 bits per heavy atom. The number of carbonyl (C=O) groups excluding carboxylic acids is 1. The van der Waals surface area contributed by atoms with Crippen molar-refractivity contribution in [2.75, 3.05) is 11.9 Å². The summed E-state index contributed by atoms with van der Waals surface area (Å²) < 4.78 is 38.4. The zero-order valence-electron chi connectivity index (χ0n) is 15.1. The summed E-state index contributed by atoms with van der Waals surface area (Å²) in [5, 5.41) is 6.03. The van der Waals surface area contributed by atoms with Crippen LogP contribution in [0.3, 0.4) is 0 Å². The van der Waals surface area contributed by atoms with Crippen molar-refractivity contribution < 1.29 is 18.0 Å². The van der Waals surface area contributed by atoms with Crippen molar-refractivity contribution in [2.24, 2.45) is 0 Å². The Bertz CT molecular complexity index is 870. The summed E-state index contributed by atoms with van der Waals surface area (Å²) in [5.74, 6) is 0.157. The van der Waals surface area contributed by atoms with Crippen molar-refractivity contribution in [3.05, 3.63) is 65.2 Å². The average Bonchev–Trinajstić information content (AvgIpc) is 3.05. The molecule has 1 aliphatic rings. The van der Waals surface area contributed by atoms with Crippen molar-refractivity contribution in [1.29, 1.82) is 0 Å². The monoisotopic (exact) mass is 407 g/mol. The molecule has 1 amide bonds. The molecular formula is C20H20F3N3OS. The second-order valence-electron chi connectivity index (χ2n) is 6.57. The van der Waals surface area contributed by atoms with Gasteiger partial charge in [-0.25, -0.2) is 0 Å². The van der Waals surface area contributed by atoms with Gasteiger partial charge in [-0.05, 0) is 48.0 Å². The van der Waals surface area contributed by atoms with Crippen LogP contribution in [0.1, 0.15) is 29.5 Å². The van der Waals surface area contributed by atoms with Gasteiger partial charge in [0.15, 0.2) is 5.11 Å². The zero-order valence-corrected chi connectivity index (χ0v) is 15.9. The van der Waals surface area contributed by atoms with Gasteiger partial charge in [0, 0.05) is 31.7 Å². The van der Waals surface area contributed by atoms with Gasteiger partial charge in [-0.1, -0.05) is 30.3 Å². The van der Waals surface area contributed by atoms with Crippen LogP contribution >= 0.6 is 12.2 Å². The van der Waals surface area contributed by atoms with E-state index in [2.05, 4.69) is 10.6 Å². The summed E-state index contributed by atoms with van der Waals surface area (Å²) in [6.07, 6.45) is -2.94. The van der Waals surface area contributed by atoms with Gasteiger partial charge < -0.3 is 15.5 Å². The van der Waals surface area contributed by atoms with Gasteiger partial charge in [0.25, 0.3) is 0 Å². The van der Waals surface area contributed by atoms with E-state index in [4.69, 9.17) is 12.2 Å². The second-order valence-corrected chi connectivity index (χ2v) is 6.98. The zero-order chi connectivity index (χ0) is 20.1. The number of rotatable bonds is 5. The minimum Gasteiger partial charge on any atom is -0.358 e. The smallest absolute Gasteiger partial charge is 0.358 e. The van der Waals surface area contributed by atoms with Crippen LogP contribution in [0.5, 0.6) is 0 Å². The number of nitrogens with zero attached hydrogens (tertiary/aromatic N) is 1. The summed E-state index contributed by atoms with van der Waals surface area (Å²) in [6, 6.07) is 12.6. The summed E-state index contributed by atoms with van der Waals surface area (Å²) in [7, 11) is 0. The fourth-order valence-corrected chi connectivity index (χ4v) is 3.28. The van der Waals surface area contributed by atoms with Gasteiger partial charge in [-0.3, -0.25) is 4.79 Å². The van der Waals surface area contributed by atoms with E-state index in [0.29, 0.717) is 19.5 Å². The molecule has 0 radical (unpaired) electrons. The molecule has 2 aromatic rings. The van der Waals surface area contributed by atoms with E-state index < -0.39 is 11.7 Å². The summed E-state index contributed by atoms with van der Waals surface area (Å²) >= 11 is 5.21. The lowest BCUT2D eigenvalue weighted by molar-refractivity contribution is -0.137. The molecule has 1 aliphatic heterocycles. The van der Waals surface area contributed by atoms with Crippen LogP contribution in [-0.2, 0) is 24.1 Å². The van der Waals surface area contributed by atoms with Crippen molar-refractivity contribution in [2.45, 2.75) is 32.1 Å². The predicted molar refractivity (Wildman–Crippen MR) is 106 cm³/mol. The molecule has 0 atom stereocenters. The fourth-order valence-electron chi connectivity index (χ4n) is 3.09. The molecule has 3 rings (SSSR count). The largest absolute Gasteiger partial charge is 0.416 e. The Hall–Kier alpha value is -2.61. The molecule has 1 heterocycles. The molecule has 0 spiro atoms. The Kier molecular flexibility index (Phi) is 6.18. The number of anilines is 1. The summed E-state index contributed by atoms with van der Waals surface area (Å²) in [4.78, 5) is 13.7. The van der Waals surface area contributed by atoms with E-state index in [1.807, 2.05) is 29.2 Å². The lowest BCUT2D eigenvalue weighted by Gasteiger charge is -2.19. The number of nitrogens with one attached hydrogen (secondary N) is 2. The van der Waals surface area contributed by atoms with Crippen molar-refractivity contribution in [3.63, 3.8) is 0 Å². The molecule has 4 nitrogen and oxygen atoms in total. The Balaban J connectivity index is 1.60. The SMILES string of the molecule is O=C1CCCN1Cc1ccccc1CNC(=S)Nc1cccc(C(F)(F)F)c1. The lowest BCUT2D eigenvalue weighted by atomic mass is 10.1. The molecule has 1 saturated heterocycles. The average molecular weight is 407 g/mol. The van der Waals surface area contributed by atoms with Gasteiger partial charge in [-0.2, -0.15) is 13.2 Å². The molecule has 148 valence electrons. The molecule has 2 N–H and O–H groups in total. The molecular weight excluding hydrogens is 387 g/mol. The van der Waals surface area contributed by atoms with E-state index in [9.17, 15) is 18.0 Å². The summed E-state index contributed by atoms with van der Waals surface area (Å²) in [5.41, 5.74) is 1.53. The van der Waals surface area contributed by atoms with Gasteiger partial charge >= 0.3 is 6.18 Å². The van der Waals surface area contributed by atoms with Crippen LogP contribution in [0, 0.1) is 0 Å². The molecule has 28 heavy (non-hydrogen) atoms. The maximum absolute atomic E-state index is 12.8. The summed E-state index contributed by atoms with van der Waals surface area (Å²) in [6.45, 7) is 1.71. The van der Waals surface area contributed by atoms with Crippen molar-refractivity contribution in [1.82, 2.24) is 10.2 Å². The number of thiocarbonyl (C=S) groups is 1. The third kappa shape index (κ3) is 5.22. The minimum atomic E-state index is -4.40. The van der Waals surface area contributed by atoms with Crippen molar-refractivity contribution in [3.8, 4) is 0 Å². The lowest BCUT2D eigenvalue weighted by Crippen LogP contribution is -2.29. The predicted octanol–water partition coefficient (Wildman–Crippen LogP) is 4.31. The standard InChI is InChI=1S/C20H20F3N3OS/c21-20(22,23)16-7-3-8-17(11-16)25-19(28)24-12-14-5-1-2-6-15(14)13-26-10-4-9-18(26)27/h1-3,5-8,11H,4,9-10,12-13H2,(H2,24,25,28). The normalized spacial score (nSPS) is 14.2. The number of hydrogen-bond acceptors (Lipinski definition) is 2. The highest BCUT2D eigenvalue weighted by molar-refractivity contribution is 7.80. The maximum Gasteiger partial charge on any atom is 0.416 e. The Morgan fingerprint density at radius 3 is 2.54 bits per heavy atom. The van der Waals surface area contributed by atoms with E-state index in [0.717, 1.165) is 36.2 Å². The van der Waals surface area contributed by atoms with Gasteiger partial charge in [0.2, 0.25) is 5.91 Å². The number of carbonyl (C=O) groups is 1. The quantitative estimate of drug-likeness (QED) is 0.725. The maximum atomic E-state index is 12.8. The first-order chi connectivity index (χ1) is 13.3. The minimum absolute atomic E-state index is 0.157. The first kappa shape index (κ1) is 20.1. The first-order valence-electron chi connectivity index (χ1n) is 8.89. The highest BCUT2D eigenvalue weighted by Crippen LogP contribution is 2.30. The number of benzene rings is 2. The number of likely N-dealkylation sites (tertiary alicyclic amines) is 1. The third-order valence-electron chi connectivity index (χ3n) is 4.54. The van der Waals surface area contributed by atoms with Crippen LogP contribution in [0.2, 0.25) is 0 Å². The third-order valence-corrected chi connectivity index (χ3v) is 4.78. The molecule has 2 aromatic carbocycles.